The van der Waals surface area contributed by atoms with Crippen molar-refractivity contribution in [3.05, 3.63) is 175 Å². The molecule has 2 aliphatic rings. The van der Waals surface area contributed by atoms with Crippen molar-refractivity contribution in [3.63, 3.8) is 0 Å². The molecule has 1 aromatic heterocycles. The largest absolute Gasteiger partial charge is 0.456 e. The Bertz CT molecular complexity index is 2920. The molecular formula is C49H33NO2. The van der Waals surface area contributed by atoms with Crippen LogP contribution in [0.4, 0.5) is 17.1 Å². The maximum atomic E-state index is 6.78. The smallest absolute Gasteiger partial charge is 0.159 e. The molecule has 0 N–H and O–H groups in total. The van der Waals surface area contributed by atoms with Gasteiger partial charge in [-0.3, -0.25) is 0 Å². The summed E-state index contributed by atoms with van der Waals surface area (Å²) >= 11 is 0. The first-order valence-corrected chi connectivity index (χ1v) is 17.9. The van der Waals surface area contributed by atoms with Crippen molar-refractivity contribution in [3.8, 4) is 44.9 Å². The minimum absolute atomic E-state index is 0.229. The maximum Gasteiger partial charge on any atom is 0.159 e. The summed E-state index contributed by atoms with van der Waals surface area (Å²) in [5.41, 5.74) is 14.5. The summed E-state index contributed by atoms with van der Waals surface area (Å²) in [7, 11) is 0. The molecule has 0 saturated heterocycles. The van der Waals surface area contributed by atoms with Gasteiger partial charge in [0.05, 0.1) is 17.1 Å². The second-order valence-electron chi connectivity index (χ2n) is 14.4. The van der Waals surface area contributed by atoms with Crippen LogP contribution in [-0.4, -0.2) is 0 Å². The quantitative estimate of drug-likeness (QED) is 0.187. The Morgan fingerprint density at radius 2 is 1.17 bits per heavy atom. The average molecular weight is 668 g/mol. The molecule has 0 saturated carbocycles. The average Bonchev–Trinajstić information content (AvgIpc) is 3.69. The van der Waals surface area contributed by atoms with Crippen LogP contribution in [0.25, 0.3) is 66.1 Å². The van der Waals surface area contributed by atoms with Crippen LogP contribution >= 0.6 is 0 Å². The second kappa shape index (κ2) is 10.7. The lowest BCUT2D eigenvalue weighted by molar-refractivity contribution is 0.487. The van der Waals surface area contributed by atoms with Gasteiger partial charge in [0, 0.05) is 32.5 Å². The van der Waals surface area contributed by atoms with E-state index in [0.717, 1.165) is 72.4 Å². The predicted molar refractivity (Wildman–Crippen MR) is 214 cm³/mol. The predicted octanol–water partition coefficient (Wildman–Crippen LogP) is 14.0. The van der Waals surface area contributed by atoms with E-state index in [-0.39, 0.29) is 5.41 Å². The van der Waals surface area contributed by atoms with Crippen molar-refractivity contribution in [2.75, 3.05) is 4.90 Å². The van der Waals surface area contributed by atoms with Gasteiger partial charge in [-0.05, 0) is 81.4 Å². The summed E-state index contributed by atoms with van der Waals surface area (Å²) in [5.74, 6) is 1.73. The molecule has 0 spiro atoms. The topological polar surface area (TPSA) is 25.6 Å². The van der Waals surface area contributed by atoms with Crippen molar-refractivity contribution < 1.29 is 9.15 Å². The van der Waals surface area contributed by atoms with Gasteiger partial charge in [0.1, 0.15) is 17.1 Å². The standard InChI is InChI=1S/C49H33NO2/c1-49(2)39-21-8-6-15-32(39)36-18-11-22-41(47(36)49)50(42-23-12-19-37-33-16-7-9-24-43(33)52-48(37)42)40-27-28-44-46-35(17-10-20-38(40)46)34-26-25-31(29-45(34)51-44)30-13-4-3-5-14-30/h3-29H,1-2H3. The lowest BCUT2D eigenvalue weighted by Crippen LogP contribution is -2.21. The molecule has 3 nitrogen and oxygen atoms in total. The number of benzene rings is 8. The van der Waals surface area contributed by atoms with E-state index < -0.39 is 0 Å². The SMILES string of the molecule is CC1(C)c2ccccc2-c2cccc(N(c3ccc4c5c(cccc35)-c3ccc(-c5ccccc5)cc3O4)c3cccc4c3oc3ccccc34)c21. The fourth-order valence-corrected chi connectivity index (χ4v) is 8.92. The van der Waals surface area contributed by atoms with Crippen LogP contribution < -0.4 is 9.64 Å². The minimum atomic E-state index is -0.229. The lowest BCUT2D eigenvalue weighted by atomic mass is 9.81. The number of anilines is 3. The molecule has 0 fully saturated rings. The van der Waals surface area contributed by atoms with Crippen LogP contribution in [0.3, 0.4) is 0 Å². The number of hydrogen-bond donors (Lipinski definition) is 0. The van der Waals surface area contributed by atoms with Crippen LogP contribution in [0, 0.1) is 0 Å². The van der Waals surface area contributed by atoms with Crippen molar-refractivity contribution >= 4 is 49.8 Å². The molecule has 8 aromatic carbocycles. The Balaban J connectivity index is 1.19. The molecule has 0 atom stereocenters. The van der Waals surface area contributed by atoms with Crippen molar-refractivity contribution in [2.45, 2.75) is 19.3 Å². The van der Waals surface area contributed by atoms with Gasteiger partial charge in [0.2, 0.25) is 0 Å². The van der Waals surface area contributed by atoms with Crippen LogP contribution in [-0.2, 0) is 5.41 Å². The van der Waals surface area contributed by atoms with Crippen LogP contribution in [0.2, 0.25) is 0 Å². The fraction of sp³-hybridized carbons (Fsp3) is 0.0612. The zero-order valence-electron chi connectivity index (χ0n) is 28.9. The summed E-state index contributed by atoms with van der Waals surface area (Å²) in [4.78, 5) is 2.44. The zero-order chi connectivity index (χ0) is 34.6. The molecular weight excluding hydrogens is 635 g/mol. The lowest BCUT2D eigenvalue weighted by Gasteiger charge is -2.33. The van der Waals surface area contributed by atoms with Gasteiger partial charge in [-0.15, -0.1) is 0 Å². The van der Waals surface area contributed by atoms with Crippen LogP contribution in [0.5, 0.6) is 11.5 Å². The van der Waals surface area contributed by atoms with E-state index in [1.807, 2.05) is 6.07 Å². The summed E-state index contributed by atoms with van der Waals surface area (Å²) in [5, 5.41) is 4.44. The summed E-state index contributed by atoms with van der Waals surface area (Å²) in [6, 6.07) is 58.5. The summed E-state index contributed by atoms with van der Waals surface area (Å²) in [6.07, 6.45) is 0. The van der Waals surface area contributed by atoms with Gasteiger partial charge in [-0.1, -0.05) is 135 Å². The van der Waals surface area contributed by atoms with E-state index in [0.29, 0.717) is 0 Å². The zero-order valence-corrected chi connectivity index (χ0v) is 28.9. The molecule has 1 aliphatic carbocycles. The summed E-state index contributed by atoms with van der Waals surface area (Å²) in [6.45, 7) is 4.71. The van der Waals surface area contributed by atoms with E-state index in [2.05, 4.69) is 176 Å². The Kier molecular flexibility index (Phi) is 6.01. The molecule has 3 heteroatoms. The van der Waals surface area contributed by atoms with Gasteiger partial charge >= 0.3 is 0 Å². The van der Waals surface area contributed by atoms with E-state index in [1.54, 1.807) is 0 Å². The Morgan fingerprint density at radius 3 is 2.10 bits per heavy atom. The molecule has 0 bridgehead atoms. The third-order valence-corrected chi connectivity index (χ3v) is 11.2. The summed E-state index contributed by atoms with van der Waals surface area (Å²) < 4.78 is 13.5. The highest BCUT2D eigenvalue weighted by Gasteiger charge is 2.39. The molecule has 9 aromatic rings. The number of nitrogens with zero attached hydrogens (tertiary/aromatic N) is 1. The van der Waals surface area contributed by atoms with Crippen molar-refractivity contribution in [1.29, 1.82) is 0 Å². The van der Waals surface area contributed by atoms with Crippen molar-refractivity contribution in [1.82, 2.24) is 0 Å². The van der Waals surface area contributed by atoms with Gasteiger partial charge in [0.25, 0.3) is 0 Å². The normalized spacial score (nSPS) is 13.5. The molecule has 0 unspecified atom stereocenters. The van der Waals surface area contributed by atoms with E-state index in [4.69, 9.17) is 9.15 Å². The number of para-hydroxylation sites is 2. The molecule has 11 rings (SSSR count). The van der Waals surface area contributed by atoms with Crippen molar-refractivity contribution in [2.24, 2.45) is 0 Å². The highest BCUT2D eigenvalue weighted by Crippen LogP contribution is 2.57. The Morgan fingerprint density at radius 1 is 0.462 bits per heavy atom. The van der Waals surface area contributed by atoms with E-state index >= 15 is 0 Å². The molecule has 0 amide bonds. The third kappa shape index (κ3) is 4.02. The highest BCUT2D eigenvalue weighted by molar-refractivity contribution is 6.15. The fourth-order valence-electron chi connectivity index (χ4n) is 8.92. The number of furan rings is 1. The molecule has 246 valence electrons. The molecule has 2 heterocycles. The minimum Gasteiger partial charge on any atom is -0.456 e. The van der Waals surface area contributed by atoms with Gasteiger partial charge in [-0.25, -0.2) is 0 Å². The van der Waals surface area contributed by atoms with Gasteiger partial charge in [0.15, 0.2) is 5.58 Å². The maximum absolute atomic E-state index is 6.78. The first kappa shape index (κ1) is 29.2. The first-order valence-electron chi connectivity index (χ1n) is 17.9. The number of ether oxygens (including phenoxy) is 1. The molecule has 1 aliphatic heterocycles. The van der Waals surface area contributed by atoms with Crippen LogP contribution in [0.1, 0.15) is 25.0 Å². The first-order chi connectivity index (χ1) is 25.6. The van der Waals surface area contributed by atoms with Gasteiger partial charge in [-0.2, -0.15) is 0 Å². The number of hydrogen-bond acceptors (Lipinski definition) is 3. The Hall–Kier alpha value is -6.58. The number of rotatable bonds is 4. The van der Waals surface area contributed by atoms with Gasteiger partial charge < -0.3 is 14.1 Å². The molecule has 52 heavy (non-hydrogen) atoms. The highest BCUT2D eigenvalue weighted by atomic mass is 16.5. The Labute approximate surface area is 302 Å². The second-order valence-corrected chi connectivity index (χ2v) is 14.4. The monoisotopic (exact) mass is 667 g/mol. The van der Waals surface area contributed by atoms with E-state index in [9.17, 15) is 0 Å². The number of fused-ring (bicyclic) bond motifs is 8. The third-order valence-electron chi connectivity index (χ3n) is 11.2. The van der Waals surface area contributed by atoms with E-state index in [1.165, 1.54) is 33.4 Å². The van der Waals surface area contributed by atoms with Crippen LogP contribution in [0.15, 0.2) is 168 Å². The molecule has 0 radical (unpaired) electrons.